The monoisotopic (exact) mass is 696 g/mol. The van der Waals surface area contributed by atoms with Gasteiger partial charge in [-0.3, -0.25) is 13.4 Å². The SMILES string of the molecule is O=P12OP3(=O)[C@@]4(c5ccccc5)C=C(c5ccccc5)[C@H]5[C@H](C(c6ccccc6)=C[C@@]1(c1ccccc1)[C@@]53c1ccccc1)[C@]42c1ccccc1. The third-order valence-corrected chi connectivity index (χ3v) is 22.1. The maximum Gasteiger partial charge on any atom is 0.236 e. The second kappa shape index (κ2) is 9.96. The highest BCUT2D eigenvalue weighted by Crippen LogP contribution is 3.17. The Labute approximate surface area is 298 Å². The Morgan fingerprint density at radius 1 is 0.373 bits per heavy atom. The van der Waals surface area contributed by atoms with E-state index in [0.29, 0.717) is 0 Å². The molecule has 5 heteroatoms. The van der Waals surface area contributed by atoms with E-state index in [1.165, 1.54) is 0 Å². The molecule has 8 bridgehead atoms. The number of hydrogen-bond acceptors (Lipinski definition) is 3. The van der Waals surface area contributed by atoms with Crippen molar-refractivity contribution in [1.82, 2.24) is 0 Å². The summed E-state index contributed by atoms with van der Waals surface area (Å²) in [5.41, 5.74) is 8.11. The average Bonchev–Trinajstić information content (AvgIpc) is 3.53. The van der Waals surface area contributed by atoms with Crippen LogP contribution in [0.2, 0.25) is 0 Å². The molecule has 2 unspecified atom stereocenters. The molecule has 0 N–H and O–H groups in total. The van der Waals surface area contributed by atoms with E-state index in [0.717, 1.165) is 44.5 Å². The van der Waals surface area contributed by atoms with Gasteiger partial charge in [-0.2, -0.15) is 0 Å². The van der Waals surface area contributed by atoms with Crippen LogP contribution in [0.4, 0.5) is 0 Å². The van der Waals surface area contributed by atoms with Gasteiger partial charge in [0.25, 0.3) is 0 Å². The van der Waals surface area contributed by atoms with E-state index in [-0.39, 0.29) is 11.8 Å². The van der Waals surface area contributed by atoms with Gasteiger partial charge in [-0.1, -0.05) is 194 Å². The molecule has 9 aliphatic rings. The van der Waals surface area contributed by atoms with E-state index < -0.39 is 35.4 Å². The zero-order valence-corrected chi connectivity index (χ0v) is 29.5. The predicted octanol–water partition coefficient (Wildman–Crippen LogP) is 11.6. The summed E-state index contributed by atoms with van der Waals surface area (Å²) in [5.74, 6) is -0.659. The molecule has 7 aliphatic heterocycles. The van der Waals surface area contributed by atoms with Crippen LogP contribution >= 0.6 is 14.7 Å². The van der Waals surface area contributed by atoms with E-state index in [9.17, 15) is 0 Å². The Hall–Kier alpha value is -4.78. The van der Waals surface area contributed by atoms with Gasteiger partial charge >= 0.3 is 0 Å². The largest absolute Gasteiger partial charge is 0.290 e. The molecule has 3 nitrogen and oxygen atoms in total. The molecular weight excluding hydrogens is 662 g/mol. The highest BCUT2D eigenvalue weighted by molar-refractivity contribution is 7.83. The first kappa shape index (κ1) is 29.9. The van der Waals surface area contributed by atoms with Gasteiger partial charge in [-0.25, -0.2) is 0 Å². The lowest BCUT2D eigenvalue weighted by molar-refractivity contribution is 0.145. The van der Waals surface area contributed by atoms with Gasteiger partial charge < -0.3 is 0 Å². The molecule has 246 valence electrons. The lowest BCUT2D eigenvalue weighted by atomic mass is 9.48. The first-order chi connectivity index (χ1) is 25.0. The average molecular weight is 697 g/mol. The van der Waals surface area contributed by atoms with Crippen LogP contribution in [-0.4, -0.2) is 0 Å². The molecule has 5 saturated heterocycles. The summed E-state index contributed by atoms with van der Waals surface area (Å²) in [6, 6.07) is 62.4. The molecule has 0 aromatic heterocycles. The van der Waals surface area contributed by atoms with Gasteiger partial charge in [-0.15, -0.1) is 0 Å². The van der Waals surface area contributed by atoms with Crippen LogP contribution in [0.3, 0.4) is 0 Å². The smallest absolute Gasteiger partial charge is 0.236 e. The van der Waals surface area contributed by atoms with Crippen molar-refractivity contribution >= 4 is 25.9 Å². The van der Waals surface area contributed by atoms with Gasteiger partial charge in [0.15, 0.2) is 0 Å². The van der Waals surface area contributed by atoms with Gasteiger partial charge in [0.2, 0.25) is 14.7 Å². The quantitative estimate of drug-likeness (QED) is 0.163. The summed E-state index contributed by atoms with van der Waals surface area (Å²) in [5, 5.41) is -4.84. The number of allylic oxidation sites excluding steroid dienone is 4. The van der Waals surface area contributed by atoms with Crippen LogP contribution < -0.4 is 0 Å². The maximum absolute atomic E-state index is 17.6. The molecule has 8 atom stereocenters. The van der Waals surface area contributed by atoms with Crippen molar-refractivity contribution in [3.8, 4) is 0 Å². The zero-order chi connectivity index (χ0) is 34.1. The molecule has 51 heavy (non-hydrogen) atoms. The van der Waals surface area contributed by atoms with Crippen molar-refractivity contribution in [2.45, 2.75) is 20.6 Å². The summed E-state index contributed by atoms with van der Waals surface area (Å²) in [6.45, 7) is 0. The molecular formula is C46H34O3P2. The lowest BCUT2D eigenvalue weighted by Gasteiger charge is -2.76. The molecule has 0 radical (unpaired) electrons. The predicted molar refractivity (Wildman–Crippen MR) is 205 cm³/mol. The lowest BCUT2D eigenvalue weighted by Crippen LogP contribution is -2.75. The fourth-order valence-electron chi connectivity index (χ4n) is 11.7. The number of benzene rings is 6. The van der Waals surface area contributed by atoms with Crippen LogP contribution in [0.25, 0.3) is 11.1 Å². The molecule has 6 aromatic carbocycles. The summed E-state index contributed by atoms with van der Waals surface area (Å²) in [4.78, 5) is 0. The Morgan fingerprint density at radius 3 is 0.961 bits per heavy atom. The van der Waals surface area contributed by atoms with Crippen LogP contribution in [-0.2, 0) is 34.1 Å². The minimum Gasteiger partial charge on any atom is -0.290 e. The van der Waals surface area contributed by atoms with Crippen molar-refractivity contribution in [1.29, 1.82) is 0 Å². The normalized spacial score (nSPS) is 36.2. The second-order valence-electron chi connectivity index (χ2n) is 14.6. The van der Waals surface area contributed by atoms with Gasteiger partial charge in [0.1, 0.15) is 20.6 Å². The van der Waals surface area contributed by atoms with Gasteiger partial charge in [0.05, 0.1) is 0 Å². The first-order valence-electron chi connectivity index (χ1n) is 17.7. The van der Waals surface area contributed by atoms with E-state index >= 15 is 9.13 Å². The molecule has 2 aliphatic carbocycles. The summed E-state index contributed by atoms with van der Waals surface area (Å²) in [6.07, 6.45) is 4.58. The minimum atomic E-state index is -4.03. The van der Waals surface area contributed by atoms with Crippen LogP contribution in [0, 0.1) is 11.8 Å². The highest BCUT2D eigenvalue weighted by Gasteiger charge is 3.04. The van der Waals surface area contributed by atoms with Crippen molar-refractivity contribution in [2.75, 3.05) is 0 Å². The first-order valence-corrected chi connectivity index (χ1v) is 21.0. The van der Waals surface area contributed by atoms with Gasteiger partial charge in [0, 0.05) is 11.8 Å². The van der Waals surface area contributed by atoms with Gasteiger partial charge in [-0.05, 0) is 44.5 Å². The third kappa shape index (κ3) is 2.95. The molecule has 0 saturated carbocycles. The standard InChI is InChI=1S/C46H34O3P2/c47-50-43(35-23-11-3-12-24-35)31-39(33-19-7-1-8-20-33)41-42-40(34-21-9-2-10-22-34)32-44(36-25-13-4-14-26-36,45(41,50)37-27-15-5-16-28-37)51(48,49-50)46(42,43)38-29-17-6-18-30-38/h1-32,41-42H/t41-,42-,43+,44+,45+,46+,50?,51?/m0/s1. The highest BCUT2D eigenvalue weighted by atomic mass is 31.2. The third-order valence-electron chi connectivity index (χ3n) is 13.0. The van der Waals surface area contributed by atoms with Crippen LogP contribution in [0.1, 0.15) is 33.4 Å². The van der Waals surface area contributed by atoms with E-state index in [1.807, 2.05) is 72.8 Å². The maximum atomic E-state index is 17.6. The molecule has 6 aromatic rings. The molecule has 0 amide bonds. The molecule has 7 heterocycles. The Morgan fingerprint density at radius 2 is 0.647 bits per heavy atom. The summed E-state index contributed by atoms with van der Waals surface area (Å²) in [7, 11) is -8.07. The fraction of sp³-hybridized carbons (Fsp3) is 0.130. The molecule has 15 rings (SSSR count). The zero-order valence-electron chi connectivity index (χ0n) is 27.7. The van der Waals surface area contributed by atoms with Crippen molar-refractivity contribution < 1.29 is 13.4 Å². The van der Waals surface area contributed by atoms with E-state index in [1.54, 1.807) is 0 Å². The van der Waals surface area contributed by atoms with Crippen LogP contribution in [0.15, 0.2) is 194 Å². The Kier molecular flexibility index (Phi) is 5.84. The Balaban J connectivity index is 1.46. The Bertz CT molecular complexity index is 2340. The van der Waals surface area contributed by atoms with E-state index in [2.05, 4.69) is 121 Å². The topological polar surface area (TPSA) is 43.4 Å². The summed E-state index contributed by atoms with van der Waals surface area (Å²) < 4.78 is 42.5. The van der Waals surface area contributed by atoms with Crippen molar-refractivity contribution in [2.24, 2.45) is 11.8 Å². The van der Waals surface area contributed by atoms with Crippen molar-refractivity contribution in [3.05, 3.63) is 228 Å². The fourth-order valence-corrected chi connectivity index (χ4v) is 24.3. The summed E-state index contributed by atoms with van der Waals surface area (Å²) >= 11 is 0. The number of hydrogen-bond donors (Lipinski definition) is 0. The molecule has 0 spiro atoms. The number of rotatable bonds is 6. The van der Waals surface area contributed by atoms with Crippen molar-refractivity contribution in [3.63, 3.8) is 0 Å². The second-order valence-corrected chi connectivity index (χ2v) is 20.3. The van der Waals surface area contributed by atoms with E-state index in [4.69, 9.17) is 4.31 Å². The minimum absolute atomic E-state index is 0.330. The molecule has 5 fully saturated rings. The van der Waals surface area contributed by atoms with Crippen LogP contribution in [0.5, 0.6) is 0 Å².